The zero-order valence-corrected chi connectivity index (χ0v) is 18.8. The first kappa shape index (κ1) is 22.1. The van der Waals surface area contributed by atoms with E-state index in [0.717, 1.165) is 13.0 Å². The third kappa shape index (κ3) is 4.78. The molecule has 29 heavy (non-hydrogen) atoms. The number of sulfonamides is 1. The third-order valence-corrected chi connectivity index (χ3v) is 7.13. The molecule has 2 heterocycles. The number of aromatic nitrogens is 1. The van der Waals surface area contributed by atoms with Crippen LogP contribution >= 0.6 is 46.4 Å². The van der Waals surface area contributed by atoms with Crippen molar-refractivity contribution >= 4 is 73.9 Å². The Morgan fingerprint density at radius 2 is 1.90 bits per heavy atom. The van der Waals surface area contributed by atoms with Crippen LogP contribution in [0.1, 0.15) is 23.3 Å². The first-order valence-corrected chi connectivity index (χ1v) is 11.2. The van der Waals surface area contributed by atoms with Crippen LogP contribution in [-0.4, -0.2) is 43.6 Å². The predicted molar refractivity (Wildman–Crippen MR) is 115 cm³/mol. The van der Waals surface area contributed by atoms with Crippen LogP contribution in [0.2, 0.25) is 20.2 Å². The summed E-state index contributed by atoms with van der Waals surface area (Å²) in [4.78, 5) is 18.1. The Labute approximate surface area is 187 Å². The zero-order chi connectivity index (χ0) is 21.3. The highest BCUT2D eigenvalue weighted by molar-refractivity contribution is 7.90. The van der Waals surface area contributed by atoms with Gasteiger partial charge in [0.15, 0.2) is 0 Å². The molecular weight excluding hydrogens is 482 g/mol. The van der Waals surface area contributed by atoms with E-state index in [-0.39, 0.29) is 36.5 Å². The number of carbonyl (C=O) groups is 1. The molecule has 0 bridgehead atoms. The molecular formula is C17H14Cl4N4O3S. The number of anilines is 1. The molecule has 3 rings (SSSR count). The van der Waals surface area contributed by atoms with Crippen molar-refractivity contribution in [3.05, 3.63) is 50.2 Å². The maximum absolute atomic E-state index is 12.6. The van der Waals surface area contributed by atoms with Crippen molar-refractivity contribution in [3.63, 3.8) is 0 Å². The molecule has 0 saturated carbocycles. The summed E-state index contributed by atoms with van der Waals surface area (Å²) >= 11 is 23.7. The maximum atomic E-state index is 12.6. The van der Waals surface area contributed by atoms with Crippen molar-refractivity contribution in [2.24, 2.45) is 4.40 Å². The highest BCUT2D eigenvalue weighted by atomic mass is 35.5. The standard InChI is InChI=1S/C17H14Cl4N4O3S/c1-25-7-3-6-11(25)24-29(27,28)10-5-2-4-9(8-10)22-17(26)15-13(19)12(18)14(20)16(21)23-15/h2,4-5,8H,3,6-7H2,1H3,(H,22,26)/b24-11+. The average molecular weight is 496 g/mol. The summed E-state index contributed by atoms with van der Waals surface area (Å²) in [5.74, 6) is -0.229. The second-order valence-electron chi connectivity index (χ2n) is 6.18. The normalized spacial score (nSPS) is 15.8. The minimum absolute atomic E-state index is 0.0608. The van der Waals surface area contributed by atoms with Crippen LogP contribution in [0.25, 0.3) is 0 Å². The van der Waals surface area contributed by atoms with Crippen LogP contribution in [0.4, 0.5) is 5.69 Å². The molecule has 1 saturated heterocycles. The SMILES string of the molecule is CN1CCC/C1=N\S(=O)(=O)c1cccc(NC(=O)c2nc(Cl)c(Cl)c(Cl)c2Cl)c1. The second kappa shape index (κ2) is 8.65. The van der Waals surface area contributed by atoms with Gasteiger partial charge in [0, 0.05) is 25.7 Å². The van der Waals surface area contributed by atoms with E-state index in [4.69, 9.17) is 46.4 Å². The fraction of sp³-hybridized carbons (Fsp3) is 0.235. The number of pyridine rings is 1. The lowest BCUT2D eigenvalue weighted by Gasteiger charge is -2.12. The van der Waals surface area contributed by atoms with Gasteiger partial charge in [-0.15, -0.1) is 4.40 Å². The van der Waals surface area contributed by atoms with Gasteiger partial charge in [-0.25, -0.2) is 4.98 Å². The van der Waals surface area contributed by atoms with Gasteiger partial charge in [0.25, 0.3) is 15.9 Å². The molecule has 1 aliphatic heterocycles. The quantitative estimate of drug-likeness (QED) is 0.617. The smallest absolute Gasteiger partial charge is 0.284 e. The molecule has 0 aliphatic carbocycles. The molecule has 2 aromatic rings. The first-order chi connectivity index (χ1) is 13.6. The Balaban J connectivity index is 1.88. The molecule has 12 heteroatoms. The predicted octanol–water partition coefficient (Wildman–Crippen LogP) is 4.76. The Bertz CT molecular complexity index is 1120. The zero-order valence-electron chi connectivity index (χ0n) is 14.9. The summed E-state index contributed by atoms with van der Waals surface area (Å²) in [6.45, 7) is 0.754. The molecule has 0 atom stereocenters. The highest BCUT2D eigenvalue weighted by Gasteiger charge is 2.22. The summed E-state index contributed by atoms with van der Waals surface area (Å²) in [5.41, 5.74) is -0.0386. The number of amides is 1. The second-order valence-corrected chi connectivity index (χ2v) is 9.28. The number of likely N-dealkylation sites (tertiary alicyclic amines) is 1. The average Bonchev–Trinajstić information content (AvgIpc) is 3.07. The molecule has 1 aromatic carbocycles. The molecule has 1 amide bonds. The summed E-state index contributed by atoms with van der Waals surface area (Å²) in [6.07, 6.45) is 1.44. The summed E-state index contributed by atoms with van der Waals surface area (Å²) in [6, 6.07) is 5.68. The van der Waals surface area contributed by atoms with Crippen LogP contribution < -0.4 is 5.32 Å². The van der Waals surface area contributed by atoms with Crippen molar-refractivity contribution in [1.29, 1.82) is 0 Å². The van der Waals surface area contributed by atoms with Crippen molar-refractivity contribution in [1.82, 2.24) is 9.88 Å². The molecule has 1 fully saturated rings. The van der Waals surface area contributed by atoms with Gasteiger partial charge in [-0.2, -0.15) is 8.42 Å². The number of halogens is 4. The van der Waals surface area contributed by atoms with E-state index in [1.807, 2.05) is 0 Å². The minimum Gasteiger partial charge on any atom is -0.362 e. The number of hydrogen-bond acceptors (Lipinski definition) is 4. The number of nitrogens with one attached hydrogen (secondary N) is 1. The number of rotatable bonds is 4. The summed E-state index contributed by atoms with van der Waals surface area (Å²) in [5, 5.41) is 1.99. The number of nitrogens with zero attached hydrogens (tertiary/aromatic N) is 3. The van der Waals surface area contributed by atoms with Gasteiger partial charge in [-0.1, -0.05) is 52.5 Å². The van der Waals surface area contributed by atoms with E-state index in [1.165, 1.54) is 24.3 Å². The fourth-order valence-corrected chi connectivity index (χ4v) is 4.62. The fourth-order valence-electron chi connectivity index (χ4n) is 2.66. The van der Waals surface area contributed by atoms with E-state index >= 15 is 0 Å². The lowest BCUT2D eigenvalue weighted by atomic mass is 10.3. The molecule has 0 unspecified atom stereocenters. The Hall–Kier alpha value is -1.58. The highest BCUT2D eigenvalue weighted by Crippen LogP contribution is 2.36. The third-order valence-electron chi connectivity index (χ3n) is 4.15. The summed E-state index contributed by atoms with van der Waals surface area (Å²) < 4.78 is 29.1. The van der Waals surface area contributed by atoms with E-state index in [1.54, 1.807) is 11.9 Å². The lowest BCUT2D eigenvalue weighted by molar-refractivity contribution is 0.102. The lowest BCUT2D eigenvalue weighted by Crippen LogP contribution is -2.20. The monoisotopic (exact) mass is 494 g/mol. The van der Waals surface area contributed by atoms with Gasteiger partial charge < -0.3 is 10.2 Å². The molecule has 1 aromatic heterocycles. The maximum Gasteiger partial charge on any atom is 0.284 e. The van der Waals surface area contributed by atoms with Crippen LogP contribution in [-0.2, 0) is 10.0 Å². The van der Waals surface area contributed by atoms with E-state index < -0.39 is 15.9 Å². The molecule has 154 valence electrons. The number of benzene rings is 1. The molecule has 1 aliphatic rings. The van der Waals surface area contributed by atoms with Crippen molar-refractivity contribution < 1.29 is 13.2 Å². The van der Waals surface area contributed by atoms with E-state index in [9.17, 15) is 13.2 Å². The number of carbonyl (C=O) groups excluding carboxylic acids is 1. The van der Waals surface area contributed by atoms with Crippen molar-refractivity contribution in [2.45, 2.75) is 17.7 Å². The van der Waals surface area contributed by atoms with Crippen molar-refractivity contribution in [3.8, 4) is 0 Å². The van der Waals surface area contributed by atoms with Crippen LogP contribution in [0.15, 0.2) is 33.6 Å². The van der Waals surface area contributed by atoms with Gasteiger partial charge in [-0.3, -0.25) is 4.79 Å². The van der Waals surface area contributed by atoms with Gasteiger partial charge in [0.1, 0.15) is 16.7 Å². The largest absolute Gasteiger partial charge is 0.362 e. The topological polar surface area (TPSA) is 91.7 Å². The molecule has 7 nitrogen and oxygen atoms in total. The Morgan fingerprint density at radius 3 is 2.55 bits per heavy atom. The van der Waals surface area contributed by atoms with Gasteiger partial charge in [0.05, 0.1) is 20.0 Å². The van der Waals surface area contributed by atoms with E-state index in [2.05, 4.69) is 14.7 Å². The molecule has 1 N–H and O–H groups in total. The number of hydrogen-bond donors (Lipinski definition) is 1. The Kier molecular flexibility index (Phi) is 6.60. The molecule has 0 spiro atoms. The molecule has 0 radical (unpaired) electrons. The van der Waals surface area contributed by atoms with Gasteiger partial charge in [0.2, 0.25) is 0 Å². The van der Waals surface area contributed by atoms with Gasteiger partial charge in [-0.05, 0) is 24.6 Å². The number of amidine groups is 1. The first-order valence-electron chi connectivity index (χ1n) is 8.26. The van der Waals surface area contributed by atoms with Gasteiger partial charge >= 0.3 is 0 Å². The summed E-state index contributed by atoms with van der Waals surface area (Å²) in [7, 11) is -2.14. The van der Waals surface area contributed by atoms with Crippen molar-refractivity contribution in [2.75, 3.05) is 18.9 Å². The Morgan fingerprint density at radius 1 is 1.17 bits per heavy atom. The van der Waals surface area contributed by atoms with Crippen LogP contribution in [0, 0.1) is 0 Å². The van der Waals surface area contributed by atoms with Crippen LogP contribution in [0.5, 0.6) is 0 Å². The minimum atomic E-state index is -3.93. The van der Waals surface area contributed by atoms with E-state index in [0.29, 0.717) is 12.3 Å². The van der Waals surface area contributed by atoms with Crippen LogP contribution in [0.3, 0.4) is 0 Å².